The number of ether oxygens (including phenoxy) is 3. The van der Waals surface area contributed by atoms with Crippen LogP contribution in [0.5, 0.6) is 5.75 Å². The fraction of sp³-hybridized carbons (Fsp3) is 0.625. The van der Waals surface area contributed by atoms with Gasteiger partial charge in [-0.05, 0) is 19.4 Å². The number of nitrogens with two attached hydrogens (primary N) is 1. The monoisotopic (exact) mass is 281 g/mol. The molecular weight excluding hydrogens is 254 g/mol. The Morgan fingerprint density at radius 3 is 2.60 bits per heavy atom. The minimum Gasteiger partial charge on any atom is -0.496 e. The van der Waals surface area contributed by atoms with Crippen LogP contribution in [0.1, 0.15) is 36.9 Å². The molecule has 1 aromatic carbocycles. The van der Waals surface area contributed by atoms with Crippen molar-refractivity contribution in [2.75, 3.05) is 33.5 Å². The molecule has 4 nitrogen and oxygen atoms in total. The van der Waals surface area contributed by atoms with Gasteiger partial charge in [-0.15, -0.1) is 0 Å². The lowest BCUT2D eigenvalue weighted by Crippen LogP contribution is -2.19. The first-order chi connectivity index (χ1) is 9.69. The smallest absolute Gasteiger partial charge is 0.123 e. The number of hydrogen-bond donors (Lipinski definition) is 1. The van der Waals surface area contributed by atoms with E-state index in [4.69, 9.17) is 19.9 Å². The van der Waals surface area contributed by atoms with Crippen molar-refractivity contribution >= 4 is 0 Å². The van der Waals surface area contributed by atoms with Crippen molar-refractivity contribution in [3.8, 4) is 5.75 Å². The minimum atomic E-state index is -0.180. The summed E-state index contributed by atoms with van der Waals surface area (Å²) in [7, 11) is 1.66. The molecule has 0 heterocycles. The van der Waals surface area contributed by atoms with Gasteiger partial charge < -0.3 is 19.9 Å². The summed E-state index contributed by atoms with van der Waals surface area (Å²) >= 11 is 0. The fourth-order valence-corrected chi connectivity index (χ4v) is 1.91. The predicted molar refractivity (Wildman–Crippen MR) is 81.2 cm³/mol. The summed E-state index contributed by atoms with van der Waals surface area (Å²) in [6.45, 7) is 6.66. The molecule has 4 heteroatoms. The summed E-state index contributed by atoms with van der Waals surface area (Å²) in [4.78, 5) is 0. The van der Waals surface area contributed by atoms with Crippen molar-refractivity contribution in [2.24, 2.45) is 5.73 Å². The summed E-state index contributed by atoms with van der Waals surface area (Å²) < 4.78 is 16.3. The molecule has 0 fully saturated rings. The minimum absolute atomic E-state index is 0.180. The van der Waals surface area contributed by atoms with E-state index in [9.17, 15) is 0 Å². The Hall–Kier alpha value is -1.10. The summed E-state index contributed by atoms with van der Waals surface area (Å²) in [5.74, 6) is 0.811. The van der Waals surface area contributed by atoms with E-state index in [1.807, 2.05) is 25.1 Å². The number of rotatable bonds is 10. The van der Waals surface area contributed by atoms with Crippen LogP contribution in [0.3, 0.4) is 0 Å². The van der Waals surface area contributed by atoms with E-state index in [0.717, 1.165) is 30.8 Å². The Morgan fingerprint density at radius 2 is 1.90 bits per heavy atom. The van der Waals surface area contributed by atoms with Crippen molar-refractivity contribution in [3.63, 3.8) is 0 Å². The summed E-state index contributed by atoms with van der Waals surface area (Å²) in [5, 5.41) is 0. The van der Waals surface area contributed by atoms with E-state index in [1.165, 1.54) is 5.56 Å². The van der Waals surface area contributed by atoms with Gasteiger partial charge >= 0.3 is 0 Å². The fourth-order valence-electron chi connectivity index (χ4n) is 1.91. The lowest BCUT2D eigenvalue weighted by molar-refractivity contribution is 0.0414. The molecular formula is C16H27NO3. The van der Waals surface area contributed by atoms with Gasteiger partial charge in [-0.2, -0.15) is 0 Å². The van der Waals surface area contributed by atoms with Gasteiger partial charge in [0.15, 0.2) is 0 Å². The maximum atomic E-state index is 6.16. The molecule has 0 aliphatic carbocycles. The van der Waals surface area contributed by atoms with E-state index in [-0.39, 0.29) is 6.04 Å². The standard InChI is InChI=1S/C16H27NO3/c1-4-5-8-19-9-10-20-12-15(17)14-11-13(2)6-7-16(14)18-3/h6-7,11,15H,4-5,8-10,12,17H2,1-3H3. The highest BCUT2D eigenvalue weighted by Crippen LogP contribution is 2.25. The lowest BCUT2D eigenvalue weighted by atomic mass is 10.0. The average Bonchev–Trinajstić information content (AvgIpc) is 2.46. The number of unbranched alkanes of at least 4 members (excludes halogenated alkanes) is 1. The highest BCUT2D eigenvalue weighted by Gasteiger charge is 2.12. The molecule has 0 amide bonds. The average molecular weight is 281 g/mol. The molecule has 1 unspecified atom stereocenters. The van der Waals surface area contributed by atoms with Crippen molar-refractivity contribution in [3.05, 3.63) is 29.3 Å². The molecule has 114 valence electrons. The van der Waals surface area contributed by atoms with Crippen molar-refractivity contribution < 1.29 is 14.2 Å². The van der Waals surface area contributed by atoms with Gasteiger partial charge in [-0.1, -0.05) is 31.0 Å². The highest BCUT2D eigenvalue weighted by atomic mass is 16.5. The molecule has 0 bridgehead atoms. The van der Waals surface area contributed by atoms with Crippen LogP contribution in [-0.4, -0.2) is 33.5 Å². The first-order valence-electron chi connectivity index (χ1n) is 7.24. The third kappa shape index (κ3) is 5.90. The van der Waals surface area contributed by atoms with Crippen LogP contribution in [0.2, 0.25) is 0 Å². The first kappa shape index (κ1) is 17.0. The number of hydrogen-bond acceptors (Lipinski definition) is 4. The molecule has 0 saturated heterocycles. The van der Waals surface area contributed by atoms with Crippen LogP contribution in [0.25, 0.3) is 0 Å². The Bertz CT molecular complexity index is 382. The molecule has 0 radical (unpaired) electrons. The van der Waals surface area contributed by atoms with E-state index in [0.29, 0.717) is 19.8 Å². The van der Waals surface area contributed by atoms with Crippen molar-refractivity contribution in [1.29, 1.82) is 0 Å². The van der Waals surface area contributed by atoms with E-state index < -0.39 is 0 Å². The predicted octanol–water partition coefficient (Wildman–Crippen LogP) is 2.84. The van der Waals surface area contributed by atoms with Crippen molar-refractivity contribution in [1.82, 2.24) is 0 Å². The molecule has 1 aromatic rings. The van der Waals surface area contributed by atoms with Gasteiger partial charge in [0.25, 0.3) is 0 Å². The van der Waals surface area contributed by atoms with Crippen LogP contribution >= 0.6 is 0 Å². The third-order valence-electron chi connectivity index (χ3n) is 3.10. The Kier molecular flexibility index (Phi) is 8.26. The van der Waals surface area contributed by atoms with Gasteiger partial charge in [0.1, 0.15) is 5.75 Å². The maximum absolute atomic E-state index is 6.16. The second-order valence-corrected chi connectivity index (χ2v) is 4.89. The Balaban J connectivity index is 2.32. The van der Waals surface area contributed by atoms with E-state index in [1.54, 1.807) is 7.11 Å². The second kappa shape index (κ2) is 9.75. The Labute approximate surface area is 122 Å². The summed E-state index contributed by atoms with van der Waals surface area (Å²) in [6, 6.07) is 5.82. The van der Waals surface area contributed by atoms with Gasteiger partial charge in [0.2, 0.25) is 0 Å². The normalized spacial score (nSPS) is 12.4. The molecule has 0 spiro atoms. The number of benzene rings is 1. The number of aryl methyl sites for hydroxylation is 1. The van der Waals surface area contributed by atoms with Crippen LogP contribution in [0, 0.1) is 6.92 Å². The molecule has 2 N–H and O–H groups in total. The zero-order valence-electron chi connectivity index (χ0n) is 12.9. The quantitative estimate of drug-likeness (QED) is 0.670. The van der Waals surface area contributed by atoms with Crippen LogP contribution in [0.15, 0.2) is 18.2 Å². The first-order valence-corrected chi connectivity index (χ1v) is 7.24. The van der Waals surface area contributed by atoms with Gasteiger partial charge in [-0.3, -0.25) is 0 Å². The molecule has 0 aliphatic rings. The molecule has 0 saturated carbocycles. The zero-order chi connectivity index (χ0) is 14.8. The second-order valence-electron chi connectivity index (χ2n) is 4.89. The third-order valence-corrected chi connectivity index (χ3v) is 3.10. The summed E-state index contributed by atoms with van der Waals surface area (Å²) in [5.41, 5.74) is 8.31. The topological polar surface area (TPSA) is 53.7 Å². The van der Waals surface area contributed by atoms with Gasteiger partial charge in [-0.25, -0.2) is 0 Å². The molecule has 20 heavy (non-hydrogen) atoms. The van der Waals surface area contributed by atoms with Crippen LogP contribution in [0.4, 0.5) is 0 Å². The maximum Gasteiger partial charge on any atom is 0.123 e. The van der Waals surface area contributed by atoms with Gasteiger partial charge in [0, 0.05) is 12.2 Å². The highest BCUT2D eigenvalue weighted by molar-refractivity contribution is 5.39. The van der Waals surface area contributed by atoms with Gasteiger partial charge in [0.05, 0.1) is 33.0 Å². The Morgan fingerprint density at radius 1 is 1.15 bits per heavy atom. The lowest BCUT2D eigenvalue weighted by Gasteiger charge is -2.16. The zero-order valence-corrected chi connectivity index (χ0v) is 12.9. The SMILES string of the molecule is CCCCOCCOCC(N)c1cc(C)ccc1OC. The van der Waals surface area contributed by atoms with E-state index in [2.05, 4.69) is 6.92 Å². The van der Waals surface area contributed by atoms with Crippen LogP contribution in [-0.2, 0) is 9.47 Å². The molecule has 0 aromatic heterocycles. The van der Waals surface area contributed by atoms with E-state index >= 15 is 0 Å². The molecule has 0 aliphatic heterocycles. The largest absolute Gasteiger partial charge is 0.496 e. The molecule has 1 atom stereocenters. The summed E-state index contributed by atoms with van der Waals surface area (Å²) in [6.07, 6.45) is 2.25. The number of methoxy groups -OCH3 is 1. The van der Waals surface area contributed by atoms with Crippen molar-refractivity contribution in [2.45, 2.75) is 32.7 Å². The molecule has 1 rings (SSSR count). The van der Waals surface area contributed by atoms with Crippen LogP contribution < -0.4 is 10.5 Å².